The third-order valence-electron chi connectivity index (χ3n) is 5.29. The third-order valence-corrected chi connectivity index (χ3v) is 5.29. The smallest absolute Gasteiger partial charge is 0.259 e. The number of rotatable bonds is 6. The van der Waals surface area contributed by atoms with E-state index in [1.807, 2.05) is 62.0 Å². The Kier molecular flexibility index (Phi) is 5.46. The van der Waals surface area contributed by atoms with Crippen LogP contribution < -0.4 is 10.1 Å². The number of hydrogen-bond acceptors (Lipinski definition) is 6. The van der Waals surface area contributed by atoms with Crippen molar-refractivity contribution in [1.29, 1.82) is 0 Å². The fourth-order valence-electron chi connectivity index (χ4n) is 3.57. The Labute approximate surface area is 180 Å². The van der Waals surface area contributed by atoms with Crippen LogP contribution in [0.3, 0.4) is 0 Å². The second-order valence-electron chi connectivity index (χ2n) is 7.78. The number of pyridine rings is 1. The number of carbonyl (C=O) groups is 1. The lowest BCUT2D eigenvalue weighted by Gasteiger charge is -2.20. The summed E-state index contributed by atoms with van der Waals surface area (Å²) in [5, 5.41) is 7.77. The maximum atomic E-state index is 13.6. The Morgan fingerprint density at radius 3 is 2.74 bits per heavy atom. The van der Waals surface area contributed by atoms with Crippen LogP contribution in [0.2, 0.25) is 0 Å². The minimum Gasteiger partial charge on any atom is -0.497 e. The van der Waals surface area contributed by atoms with Crippen LogP contribution >= 0.6 is 0 Å². The molecule has 0 aliphatic heterocycles. The maximum Gasteiger partial charge on any atom is 0.259 e. The van der Waals surface area contributed by atoms with Gasteiger partial charge in [-0.05, 0) is 36.6 Å². The lowest BCUT2D eigenvalue weighted by atomic mass is 10.0. The second-order valence-corrected chi connectivity index (χ2v) is 7.78. The van der Waals surface area contributed by atoms with Crippen molar-refractivity contribution in [3.63, 3.8) is 0 Å². The molecule has 0 spiro atoms. The highest BCUT2D eigenvalue weighted by atomic mass is 16.5. The van der Waals surface area contributed by atoms with E-state index >= 15 is 0 Å². The second kappa shape index (κ2) is 8.22. The molecule has 0 radical (unpaired) electrons. The number of nitrogens with one attached hydrogen (secondary N) is 1. The van der Waals surface area contributed by atoms with Crippen LogP contribution in [0.25, 0.3) is 11.1 Å². The summed E-state index contributed by atoms with van der Waals surface area (Å²) in [7, 11) is 3.51. The summed E-state index contributed by atoms with van der Waals surface area (Å²) in [6.07, 6.45) is 3.56. The molecule has 31 heavy (non-hydrogen) atoms. The Hall–Kier alpha value is -3.68. The van der Waals surface area contributed by atoms with Gasteiger partial charge < -0.3 is 19.1 Å². The molecule has 0 bridgehead atoms. The molecule has 0 saturated carbocycles. The van der Waals surface area contributed by atoms with Gasteiger partial charge in [0, 0.05) is 25.1 Å². The highest BCUT2D eigenvalue weighted by Gasteiger charge is 2.25. The number of aromatic nitrogens is 4. The average molecular weight is 419 g/mol. The molecular formula is C23H25N5O3. The number of nitrogens with zero attached hydrogens (tertiary/aromatic N) is 4. The van der Waals surface area contributed by atoms with Gasteiger partial charge in [-0.2, -0.15) is 0 Å². The summed E-state index contributed by atoms with van der Waals surface area (Å²) in [4.78, 5) is 22.5. The molecule has 0 fully saturated rings. The minimum absolute atomic E-state index is 0.130. The van der Waals surface area contributed by atoms with Crippen molar-refractivity contribution in [2.45, 2.75) is 32.7 Å². The number of imidazole rings is 1. The number of ether oxygens (including phenoxy) is 1. The molecule has 1 amide bonds. The number of fused-ring (bicyclic) bond motifs is 1. The SMILES string of the molecule is COc1cccc(C(NC(=O)c2cc(C(C)C)nc3onc(C)c23)c2nccn2C)c1. The zero-order chi connectivity index (χ0) is 22.1. The molecule has 3 aromatic heterocycles. The maximum absolute atomic E-state index is 13.6. The zero-order valence-corrected chi connectivity index (χ0v) is 18.2. The van der Waals surface area contributed by atoms with Gasteiger partial charge in [0.2, 0.25) is 0 Å². The lowest BCUT2D eigenvalue weighted by Crippen LogP contribution is -2.31. The first-order valence-corrected chi connectivity index (χ1v) is 10.1. The predicted octanol–water partition coefficient (Wildman–Crippen LogP) is 3.92. The summed E-state index contributed by atoms with van der Waals surface area (Å²) in [6.45, 7) is 5.84. The van der Waals surface area contributed by atoms with E-state index in [-0.39, 0.29) is 11.8 Å². The van der Waals surface area contributed by atoms with E-state index in [1.54, 1.807) is 20.2 Å². The molecule has 1 atom stereocenters. The predicted molar refractivity (Wildman–Crippen MR) is 116 cm³/mol. The van der Waals surface area contributed by atoms with Crippen LogP contribution in [0, 0.1) is 6.92 Å². The van der Waals surface area contributed by atoms with E-state index < -0.39 is 6.04 Å². The largest absolute Gasteiger partial charge is 0.497 e. The molecule has 8 nitrogen and oxygen atoms in total. The summed E-state index contributed by atoms with van der Waals surface area (Å²) in [6, 6.07) is 8.92. The fourth-order valence-corrected chi connectivity index (χ4v) is 3.57. The first-order chi connectivity index (χ1) is 14.9. The Morgan fingerprint density at radius 2 is 2.06 bits per heavy atom. The third kappa shape index (κ3) is 3.88. The number of hydrogen-bond donors (Lipinski definition) is 1. The van der Waals surface area contributed by atoms with E-state index in [1.165, 1.54) is 0 Å². The summed E-state index contributed by atoms with van der Waals surface area (Å²) < 4.78 is 12.6. The molecule has 3 heterocycles. The highest BCUT2D eigenvalue weighted by Crippen LogP contribution is 2.28. The monoisotopic (exact) mass is 419 g/mol. The first-order valence-electron chi connectivity index (χ1n) is 10.1. The topological polar surface area (TPSA) is 95.1 Å². The van der Waals surface area contributed by atoms with Crippen LogP contribution in [-0.4, -0.2) is 32.7 Å². The van der Waals surface area contributed by atoms with Crippen LogP contribution in [0.5, 0.6) is 5.75 Å². The molecule has 8 heteroatoms. The van der Waals surface area contributed by atoms with E-state index in [0.29, 0.717) is 33.9 Å². The Morgan fingerprint density at radius 1 is 1.26 bits per heavy atom. The normalized spacial score (nSPS) is 12.3. The van der Waals surface area contributed by atoms with Crippen molar-refractivity contribution >= 4 is 17.0 Å². The van der Waals surface area contributed by atoms with Gasteiger partial charge >= 0.3 is 0 Å². The van der Waals surface area contributed by atoms with E-state index in [4.69, 9.17) is 9.26 Å². The van der Waals surface area contributed by atoms with E-state index in [2.05, 4.69) is 20.4 Å². The van der Waals surface area contributed by atoms with Gasteiger partial charge in [-0.15, -0.1) is 0 Å². The van der Waals surface area contributed by atoms with Crippen molar-refractivity contribution in [2.75, 3.05) is 7.11 Å². The van der Waals surface area contributed by atoms with E-state index in [0.717, 1.165) is 11.3 Å². The molecule has 1 N–H and O–H groups in total. The molecule has 4 rings (SSSR count). The molecule has 0 aliphatic carbocycles. The van der Waals surface area contributed by atoms with Gasteiger partial charge in [0.25, 0.3) is 11.6 Å². The number of amides is 1. The summed E-state index contributed by atoms with van der Waals surface area (Å²) >= 11 is 0. The van der Waals surface area contributed by atoms with Gasteiger partial charge in [-0.25, -0.2) is 9.97 Å². The highest BCUT2D eigenvalue weighted by molar-refractivity contribution is 6.06. The van der Waals surface area contributed by atoms with Crippen LogP contribution in [0.4, 0.5) is 0 Å². The molecule has 160 valence electrons. The average Bonchev–Trinajstić information content (AvgIpc) is 3.36. The summed E-state index contributed by atoms with van der Waals surface area (Å²) in [5.74, 6) is 1.29. The zero-order valence-electron chi connectivity index (χ0n) is 18.2. The number of carbonyl (C=O) groups excluding carboxylic acids is 1. The van der Waals surface area contributed by atoms with Gasteiger partial charge in [-0.1, -0.05) is 31.1 Å². The number of benzene rings is 1. The molecule has 0 aliphatic rings. The molecule has 1 unspecified atom stereocenters. The van der Waals surface area contributed by atoms with Crippen LogP contribution in [0.15, 0.2) is 47.2 Å². The van der Waals surface area contributed by atoms with Crippen LogP contribution in [0.1, 0.15) is 58.9 Å². The van der Waals surface area contributed by atoms with Crippen molar-refractivity contribution in [3.8, 4) is 5.75 Å². The minimum atomic E-state index is -0.478. The number of methoxy groups -OCH3 is 1. The lowest BCUT2D eigenvalue weighted by molar-refractivity contribution is 0.0942. The van der Waals surface area contributed by atoms with Crippen molar-refractivity contribution in [3.05, 3.63) is 71.1 Å². The Bertz CT molecular complexity index is 1240. The molecule has 4 aromatic rings. The van der Waals surface area contributed by atoms with Crippen molar-refractivity contribution < 1.29 is 14.1 Å². The van der Waals surface area contributed by atoms with E-state index in [9.17, 15) is 4.79 Å². The van der Waals surface area contributed by atoms with Crippen molar-refractivity contribution in [1.82, 2.24) is 25.0 Å². The van der Waals surface area contributed by atoms with Crippen LogP contribution in [-0.2, 0) is 7.05 Å². The first kappa shape index (κ1) is 20.6. The van der Waals surface area contributed by atoms with Gasteiger partial charge in [0.15, 0.2) is 0 Å². The standard InChI is InChI=1S/C23H25N5O3/c1-13(2)18-12-17(19-14(3)27-31-23(19)25-18)22(29)26-20(21-24-9-10-28(21)4)15-7-6-8-16(11-15)30-5/h6-13,20H,1-5H3,(H,26,29). The quantitative estimate of drug-likeness (QED) is 0.509. The summed E-state index contributed by atoms with van der Waals surface area (Å²) in [5.41, 5.74) is 3.10. The Balaban J connectivity index is 1.80. The van der Waals surface area contributed by atoms with Gasteiger partial charge in [0.1, 0.15) is 17.6 Å². The van der Waals surface area contributed by atoms with Gasteiger partial charge in [0.05, 0.1) is 23.8 Å². The molecular weight excluding hydrogens is 394 g/mol. The fraction of sp³-hybridized carbons (Fsp3) is 0.304. The van der Waals surface area contributed by atoms with Gasteiger partial charge in [-0.3, -0.25) is 4.79 Å². The number of aryl methyl sites for hydroxylation is 2. The molecule has 0 saturated heterocycles. The van der Waals surface area contributed by atoms with Crippen molar-refractivity contribution in [2.24, 2.45) is 7.05 Å². The molecule has 1 aromatic carbocycles.